The number of carbonyl (C=O) groups is 1. The summed E-state index contributed by atoms with van der Waals surface area (Å²) < 4.78 is 5.18. The number of guanidine groups is 1. The van der Waals surface area contributed by atoms with Gasteiger partial charge in [-0.05, 0) is 55.7 Å². The Morgan fingerprint density at radius 3 is 2.20 bits per heavy atom. The average Bonchev–Trinajstić information content (AvgIpc) is 2.71. The van der Waals surface area contributed by atoms with Crippen molar-refractivity contribution in [1.82, 2.24) is 16.0 Å². The summed E-state index contributed by atoms with van der Waals surface area (Å²) in [7, 11) is 3.42. The summed E-state index contributed by atoms with van der Waals surface area (Å²) in [4.78, 5) is 16.0. The lowest BCUT2D eigenvalue weighted by atomic mass is 10.1. The molecule has 2 rings (SSSR count). The Bertz CT molecular complexity index is 792. The topological polar surface area (TPSA) is 86.8 Å². The molecule has 0 saturated carbocycles. The van der Waals surface area contributed by atoms with Gasteiger partial charge in [-0.3, -0.25) is 4.99 Å². The highest BCUT2D eigenvalue weighted by Gasteiger charge is 2.04. The highest BCUT2D eigenvalue weighted by atomic mass is 127. The summed E-state index contributed by atoms with van der Waals surface area (Å²) in [6.07, 6.45) is 0.892. The Morgan fingerprint density at radius 1 is 1.00 bits per heavy atom. The van der Waals surface area contributed by atoms with Crippen molar-refractivity contribution in [3.05, 3.63) is 59.7 Å². The van der Waals surface area contributed by atoms with Crippen LogP contribution in [0.3, 0.4) is 0 Å². The minimum Gasteiger partial charge on any atom is -0.497 e. The average molecular weight is 525 g/mol. The van der Waals surface area contributed by atoms with Crippen LogP contribution < -0.4 is 26.0 Å². The number of nitrogens with one attached hydrogen (secondary N) is 4. The molecular weight excluding hydrogens is 493 g/mol. The van der Waals surface area contributed by atoms with Crippen molar-refractivity contribution in [2.45, 2.75) is 32.9 Å². The van der Waals surface area contributed by atoms with E-state index < -0.39 is 0 Å². The number of benzene rings is 2. The van der Waals surface area contributed by atoms with E-state index in [2.05, 4.69) is 38.4 Å². The fraction of sp³-hybridized carbons (Fsp3) is 0.364. The van der Waals surface area contributed by atoms with Gasteiger partial charge in [0.25, 0.3) is 0 Å². The minimum atomic E-state index is -0.202. The SMILES string of the molecule is CN=C(NCCc1ccc(OC)cc1)NCc1ccc(NC(=O)NC(C)C)cc1.I. The molecule has 0 aromatic heterocycles. The van der Waals surface area contributed by atoms with E-state index in [9.17, 15) is 4.79 Å². The molecule has 0 aliphatic rings. The molecule has 0 spiro atoms. The number of hydrogen-bond acceptors (Lipinski definition) is 3. The Morgan fingerprint density at radius 2 is 1.63 bits per heavy atom. The number of anilines is 1. The number of hydrogen-bond donors (Lipinski definition) is 4. The van der Waals surface area contributed by atoms with E-state index in [0.29, 0.717) is 6.54 Å². The van der Waals surface area contributed by atoms with Crippen LogP contribution in [0.1, 0.15) is 25.0 Å². The standard InChI is InChI=1S/C22H31N5O2.HI/c1-16(2)26-22(28)27-19-9-5-18(6-10-19)15-25-21(23-3)24-14-13-17-7-11-20(29-4)12-8-17;/h5-12,16H,13-15H2,1-4H3,(H2,23,24,25)(H2,26,27,28);1H. The third-order valence-electron chi connectivity index (χ3n) is 4.18. The molecule has 0 atom stereocenters. The quantitative estimate of drug-likeness (QED) is 0.240. The van der Waals surface area contributed by atoms with E-state index in [1.165, 1.54) is 5.56 Å². The zero-order valence-electron chi connectivity index (χ0n) is 18.0. The van der Waals surface area contributed by atoms with Crippen molar-refractivity contribution in [3.63, 3.8) is 0 Å². The molecular formula is C22H32IN5O2. The van der Waals surface area contributed by atoms with Crippen LogP contribution in [0.25, 0.3) is 0 Å². The summed E-state index contributed by atoms with van der Waals surface area (Å²) in [5.41, 5.74) is 3.09. The van der Waals surface area contributed by atoms with Crippen molar-refractivity contribution < 1.29 is 9.53 Å². The molecule has 0 heterocycles. The molecule has 30 heavy (non-hydrogen) atoms. The molecule has 0 aliphatic carbocycles. The van der Waals surface area contributed by atoms with Crippen molar-refractivity contribution in [2.24, 2.45) is 4.99 Å². The molecule has 0 fully saturated rings. The van der Waals surface area contributed by atoms with Gasteiger partial charge in [0.15, 0.2) is 5.96 Å². The van der Waals surface area contributed by atoms with Crippen molar-refractivity contribution >= 4 is 41.7 Å². The van der Waals surface area contributed by atoms with Crippen LogP contribution in [-0.4, -0.2) is 38.7 Å². The minimum absolute atomic E-state index is 0. The third kappa shape index (κ3) is 9.34. The third-order valence-corrected chi connectivity index (χ3v) is 4.18. The Labute approximate surface area is 196 Å². The van der Waals surface area contributed by atoms with Gasteiger partial charge in [-0.2, -0.15) is 0 Å². The summed E-state index contributed by atoms with van der Waals surface area (Å²) in [5.74, 6) is 1.61. The Hall–Kier alpha value is -2.49. The molecule has 0 saturated heterocycles. The second-order valence-corrected chi connectivity index (χ2v) is 6.90. The van der Waals surface area contributed by atoms with E-state index in [4.69, 9.17) is 4.74 Å². The van der Waals surface area contributed by atoms with Gasteiger partial charge >= 0.3 is 6.03 Å². The van der Waals surface area contributed by atoms with Gasteiger partial charge in [0.05, 0.1) is 7.11 Å². The van der Waals surface area contributed by atoms with Crippen LogP contribution in [0.15, 0.2) is 53.5 Å². The number of methoxy groups -OCH3 is 1. The molecule has 8 heteroatoms. The summed E-state index contributed by atoms with van der Waals surface area (Å²) >= 11 is 0. The number of aliphatic imine (C=N–C) groups is 1. The summed E-state index contributed by atoms with van der Waals surface area (Å²) in [6, 6.07) is 15.7. The first-order valence-corrected chi connectivity index (χ1v) is 9.74. The molecule has 7 nitrogen and oxygen atoms in total. The Balaban J connectivity index is 0.00000450. The molecule has 0 unspecified atom stereocenters. The van der Waals surface area contributed by atoms with Gasteiger partial charge in [-0.1, -0.05) is 24.3 Å². The van der Waals surface area contributed by atoms with Crippen LogP contribution in [0.2, 0.25) is 0 Å². The fourth-order valence-corrected chi connectivity index (χ4v) is 2.66. The molecule has 0 aliphatic heterocycles. The lowest BCUT2D eigenvalue weighted by Crippen LogP contribution is -2.37. The molecule has 4 N–H and O–H groups in total. The molecule has 0 radical (unpaired) electrons. The maximum Gasteiger partial charge on any atom is 0.319 e. The molecule has 164 valence electrons. The second-order valence-electron chi connectivity index (χ2n) is 6.90. The Kier molecular flexibility index (Phi) is 11.7. The molecule has 2 amide bonds. The van der Waals surface area contributed by atoms with Gasteiger partial charge in [-0.15, -0.1) is 24.0 Å². The van der Waals surface area contributed by atoms with Gasteiger partial charge in [-0.25, -0.2) is 4.79 Å². The molecule has 0 bridgehead atoms. The normalized spacial score (nSPS) is 10.8. The van der Waals surface area contributed by atoms with E-state index in [0.717, 1.165) is 35.9 Å². The van der Waals surface area contributed by atoms with Crippen molar-refractivity contribution in [1.29, 1.82) is 0 Å². The van der Waals surface area contributed by atoms with E-state index in [1.54, 1.807) is 14.2 Å². The van der Waals surface area contributed by atoms with Crippen LogP contribution >= 0.6 is 24.0 Å². The van der Waals surface area contributed by atoms with Crippen molar-refractivity contribution in [2.75, 3.05) is 26.0 Å². The van der Waals surface area contributed by atoms with E-state index in [-0.39, 0.29) is 36.0 Å². The van der Waals surface area contributed by atoms with Gasteiger partial charge < -0.3 is 26.0 Å². The number of urea groups is 1. The van der Waals surface area contributed by atoms with Gasteiger partial charge in [0.2, 0.25) is 0 Å². The number of halogens is 1. The number of carbonyl (C=O) groups excluding carboxylic acids is 1. The van der Waals surface area contributed by atoms with Gasteiger partial charge in [0, 0.05) is 31.9 Å². The van der Waals surface area contributed by atoms with Crippen LogP contribution in [0.4, 0.5) is 10.5 Å². The lowest BCUT2D eigenvalue weighted by molar-refractivity contribution is 0.250. The van der Waals surface area contributed by atoms with E-state index in [1.807, 2.05) is 50.2 Å². The maximum atomic E-state index is 11.7. The summed E-state index contributed by atoms with van der Waals surface area (Å²) in [6.45, 7) is 5.26. The first kappa shape index (κ1) is 25.5. The number of rotatable bonds is 8. The largest absolute Gasteiger partial charge is 0.497 e. The predicted molar refractivity (Wildman–Crippen MR) is 134 cm³/mol. The molecule has 2 aromatic rings. The van der Waals surface area contributed by atoms with Gasteiger partial charge in [0.1, 0.15) is 5.75 Å². The number of ether oxygens (including phenoxy) is 1. The monoisotopic (exact) mass is 525 g/mol. The van der Waals surface area contributed by atoms with Crippen LogP contribution in [0, 0.1) is 0 Å². The fourth-order valence-electron chi connectivity index (χ4n) is 2.66. The van der Waals surface area contributed by atoms with E-state index >= 15 is 0 Å². The summed E-state index contributed by atoms with van der Waals surface area (Å²) in [5, 5.41) is 12.2. The zero-order valence-corrected chi connectivity index (χ0v) is 20.3. The first-order chi connectivity index (χ1) is 14.0. The smallest absolute Gasteiger partial charge is 0.319 e. The number of amides is 2. The van der Waals surface area contributed by atoms with Crippen LogP contribution in [-0.2, 0) is 13.0 Å². The maximum absolute atomic E-state index is 11.7. The lowest BCUT2D eigenvalue weighted by Gasteiger charge is -2.13. The molecule has 2 aromatic carbocycles. The highest BCUT2D eigenvalue weighted by Crippen LogP contribution is 2.11. The second kappa shape index (κ2) is 13.7. The first-order valence-electron chi connectivity index (χ1n) is 9.74. The predicted octanol–water partition coefficient (Wildman–Crippen LogP) is 3.75. The van der Waals surface area contributed by atoms with Crippen LogP contribution in [0.5, 0.6) is 5.75 Å². The zero-order chi connectivity index (χ0) is 21.1. The number of nitrogens with zero attached hydrogens (tertiary/aromatic N) is 1. The van der Waals surface area contributed by atoms with Crippen molar-refractivity contribution in [3.8, 4) is 5.75 Å². The highest BCUT2D eigenvalue weighted by molar-refractivity contribution is 14.0.